The number of rotatable bonds is 5. The van der Waals surface area contributed by atoms with Crippen molar-refractivity contribution in [1.29, 1.82) is 0 Å². The summed E-state index contributed by atoms with van der Waals surface area (Å²) in [6.45, 7) is 6.02. The number of likely N-dealkylation sites (tertiary alicyclic amines) is 2. The van der Waals surface area contributed by atoms with E-state index in [2.05, 4.69) is 9.80 Å². The molecule has 2 heterocycles. The quantitative estimate of drug-likeness (QED) is 0.764. The third kappa shape index (κ3) is 3.91. The molecule has 2 atom stereocenters. The van der Waals surface area contributed by atoms with Gasteiger partial charge in [0.05, 0.1) is 12.7 Å². The maximum absolute atomic E-state index is 9.73. The van der Waals surface area contributed by atoms with Crippen molar-refractivity contribution in [2.75, 3.05) is 46.4 Å². The van der Waals surface area contributed by atoms with Crippen LogP contribution in [0, 0.1) is 0 Å². The first kappa shape index (κ1) is 13.3. The topological polar surface area (TPSA) is 35.9 Å². The third-order valence-electron chi connectivity index (χ3n) is 3.98. The molecule has 2 aliphatic rings. The molecular formula is C13H26N2O2. The number of aliphatic hydroxyl groups is 1. The summed E-state index contributed by atoms with van der Waals surface area (Å²) in [5, 5.41) is 9.73. The van der Waals surface area contributed by atoms with Crippen LogP contribution in [0.15, 0.2) is 0 Å². The molecule has 0 spiro atoms. The first-order valence-corrected chi connectivity index (χ1v) is 6.93. The number of hydrogen-bond acceptors (Lipinski definition) is 4. The van der Waals surface area contributed by atoms with Gasteiger partial charge < -0.3 is 9.84 Å². The summed E-state index contributed by atoms with van der Waals surface area (Å²) in [5.41, 5.74) is 0. The molecule has 2 unspecified atom stereocenters. The zero-order chi connectivity index (χ0) is 12.1. The van der Waals surface area contributed by atoms with Gasteiger partial charge in [-0.25, -0.2) is 0 Å². The SMILES string of the molecule is COCC(O)CN1CCC(N2CCCCC2)C1. The summed E-state index contributed by atoms with van der Waals surface area (Å²) < 4.78 is 4.97. The Kier molecular flexibility index (Phi) is 5.22. The summed E-state index contributed by atoms with van der Waals surface area (Å²) in [7, 11) is 1.64. The molecule has 4 heteroatoms. The van der Waals surface area contributed by atoms with Crippen molar-refractivity contribution in [2.24, 2.45) is 0 Å². The summed E-state index contributed by atoms with van der Waals surface area (Å²) in [6.07, 6.45) is 5.06. The van der Waals surface area contributed by atoms with Crippen LogP contribution in [0.2, 0.25) is 0 Å². The van der Waals surface area contributed by atoms with Crippen molar-refractivity contribution in [2.45, 2.75) is 37.8 Å². The fourth-order valence-electron chi connectivity index (χ4n) is 3.10. The van der Waals surface area contributed by atoms with E-state index in [1.165, 1.54) is 38.8 Å². The van der Waals surface area contributed by atoms with Crippen LogP contribution in [0.4, 0.5) is 0 Å². The van der Waals surface area contributed by atoms with Gasteiger partial charge in [0.2, 0.25) is 0 Å². The molecule has 0 aromatic rings. The van der Waals surface area contributed by atoms with E-state index in [9.17, 15) is 5.11 Å². The van der Waals surface area contributed by atoms with E-state index < -0.39 is 0 Å². The second-order valence-corrected chi connectivity index (χ2v) is 5.41. The van der Waals surface area contributed by atoms with Crippen molar-refractivity contribution in [3.63, 3.8) is 0 Å². The van der Waals surface area contributed by atoms with Gasteiger partial charge in [-0.15, -0.1) is 0 Å². The number of hydrogen-bond donors (Lipinski definition) is 1. The molecule has 0 saturated carbocycles. The zero-order valence-electron chi connectivity index (χ0n) is 11.0. The van der Waals surface area contributed by atoms with Crippen LogP contribution >= 0.6 is 0 Å². The molecule has 2 rings (SSSR count). The van der Waals surface area contributed by atoms with Crippen LogP contribution in [0.1, 0.15) is 25.7 Å². The van der Waals surface area contributed by atoms with Gasteiger partial charge in [-0.1, -0.05) is 6.42 Å². The number of methoxy groups -OCH3 is 1. The lowest BCUT2D eigenvalue weighted by molar-refractivity contribution is 0.0407. The van der Waals surface area contributed by atoms with Gasteiger partial charge >= 0.3 is 0 Å². The van der Waals surface area contributed by atoms with Crippen LogP contribution < -0.4 is 0 Å². The average molecular weight is 242 g/mol. The van der Waals surface area contributed by atoms with Crippen LogP contribution in [0.5, 0.6) is 0 Å². The first-order valence-electron chi connectivity index (χ1n) is 6.93. The lowest BCUT2D eigenvalue weighted by Crippen LogP contribution is -2.42. The second kappa shape index (κ2) is 6.69. The van der Waals surface area contributed by atoms with E-state index in [4.69, 9.17) is 4.74 Å². The van der Waals surface area contributed by atoms with Gasteiger partial charge in [0, 0.05) is 26.2 Å². The first-order chi connectivity index (χ1) is 8.29. The monoisotopic (exact) mass is 242 g/mol. The number of nitrogens with zero attached hydrogens (tertiary/aromatic N) is 2. The number of ether oxygens (including phenoxy) is 1. The Morgan fingerprint density at radius 2 is 2.00 bits per heavy atom. The lowest BCUT2D eigenvalue weighted by Gasteiger charge is -2.32. The molecule has 0 aliphatic carbocycles. The van der Waals surface area contributed by atoms with E-state index >= 15 is 0 Å². The van der Waals surface area contributed by atoms with Gasteiger partial charge in [0.15, 0.2) is 0 Å². The molecule has 0 radical (unpaired) electrons. The van der Waals surface area contributed by atoms with Crippen LogP contribution in [0.3, 0.4) is 0 Å². The van der Waals surface area contributed by atoms with Gasteiger partial charge in [0.1, 0.15) is 0 Å². The smallest absolute Gasteiger partial charge is 0.0900 e. The van der Waals surface area contributed by atoms with Crippen molar-refractivity contribution >= 4 is 0 Å². The largest absolute Gasteiger partial charge is 0.389 e. The Morgan fingerprint density at radius 3 is 2.71 bits per heavy atom. The van der Waals surface area contributed by atoms with Crippen molar-refractivity contribution in [3.8, 4) is 0 Å². The number of piperidine rings is 1. The Balaban J connectivity index is 1.71. The van der Waals surface area contributed by atoms with Gasteiger partial charge in [-0.3, -0.25) is 9.80 Å². The maximum Gasteiger partial charge on any atom is 0.0900 e. The van der Waals surface area contributed by atoms with Crippen LogP contribution in [0.25, 0.3) is 0 Å². The van der Waals surface area contributed by atoms with Crippen LogP contribution in [-0.4, -0.2) is 73.5 Å². The Labute approximate surface area is 105 Å². The molecule has 17 heavy (non-hydrogen) atoms. The summed E-state index contributed by atoms with van der Waals surface area (Å²) in [5.74, 6) is 0. The summed E-state index contributed by atoms with van der Waals surface area (Å²) in [6, 6.07) is 0.727. The molecule has 2 saturated heterocycles. The maximum atomic E-state index is 9.73. The summed E-state index contributed by atoms with van der Waals surface area (Å²) in [4.78, 5) is 5.02. The minimum Gasteiger partial charge on any atom is -0.389 e. The highest BCUT2D eigenvalue weighted by molar-refractivity contribution is 4.85. The molecule has 0 aromatic heterocycles. The molecule has 2 aliphatic heterocycles. The second-order valence-electron chi connectivity index (χ2n) is 5.41. The van der Waals surface area contributed by atoms with Gasteiger partial charge in [-0.05, 0) is 38.9 Å². The van der Waals surface area contributed by atoms with Crippen molar-refractivity contribution in [3.05, 3.63) is 0 Å². The highest BCUT2D eigenvalue weighted by Gasteiger charge is 2.29. The van der Waals surface area contributed by atoms with Crippen molar-refractivity contribution in [1.82, 2.24) is 9.80 Å². The normalized spacial score (nSPS) is 29.6. The van der Waals surface area contributed by atoms with E-state index in [0.717, 1.165) is 25.7 Å². The molecule has 1 N–H and O–H groups in total. The predicted octanol–water partition coefficient (Wildman–Crippen LogP) is 0.554. The average Bonchev–Trinajstić information content (AvgIpc) is 2.79. The van der Waals surface area contributed by atoms with E-state index in [1.54, 1.807) is 7.11 Å². The minimum atomic E-state index is -0.333. The highest BCUT2D eigenvalue weighted by atomic mass is 16.5. The highest BCUT2D eigenvalue weighted by Crippen LogP contribution is 2.20. The molecular weight excluding hydrogens is 216 g/mol. The summed E-state index contributed by atoms with van der Waals surface area (Å²) >= 11 is 0. The molecule has 2 fully saturated rings. The van der Waals surface area contributed by atoms with E-state index in [1.807, 2.05) is 0 Å². The Hall–Kier alpha value is -0.160. The van der Waals surface area contributed by atoms with Crippen LogP contribution in [-0.2, 0) is 4.74 Å². The van der Waals surface area contributed by atoms with Crippen molar-refractivity contribution < 1.29 is 9.84 Å². The van der Waals surface area contributed by atoms with E-state index in [0.29, 0.717) is 6.61 Å². The predicted molar refractivity (Wildman–Crippen MR) is 68.2 cm³/mol. The minimum absolute atomic E-state index is 0.333. The third-order valence-corrected chi connectivity index (χ3v) is 3.98. The molecule has 0 aromatic carbocycles. The fourth-order valence-corrected chi connectivity index (χ4v) is 3.10. The molecule has 4 nitrogen and oxygen atoms in total. The fraction of sp³-hybridized carbons (Fsp3) is 1.00. The van der Waals surface area contributed by atoms with Gasteiger partial charge in [-0.2, -0.15) is 0 Å². The Bertz CT molecular complexity index is 219. The molecule has 0 bridgehead atoms. The standard InChI is InChI=1S/C13H26N2O2/c1-17-11-13(16)10-14-8-5-12(9-14)15-6-3-2-4-7-15/h12-13,16H,2-11H2,1H3. The Morgan fingerprint density at radius 1 is 1.24 bits per heavy atom. The zero-order valence-corrected chi connectivity index (χ0v) is 11.0. The molecule has 0 amide bonds. The lowest BCUT2D eigenvalue weighted by atomic mass is 10.1. The molecule has 100 valence electrons. The van der Waals surface area contributed by atoms with Gasteiger partial charge in [0.25, 0.3) is 0 Å². The number of aliphatic hydroxyl groups excluding tert-OH is 1. The number of β-amino-alcohol motifs (C(OH)–C–C–N with tert-alkyl or cyclic N) is 1. The van der Waals surface area contributed by atoms with E-state index in [-0.39, 0.29) is 6.10 Å².